The largest absolute Gasteiger partial charge is 0.494 e. The molecule has 5 nitrogen and oxygen atoms in total. The van der Waals surface area contributed by atoms with Gasteiger partial charge in [-0.2, -0.15) is 4.98 Å². The van der Waals surface area contributed by atoms with E-state index in [0.29, 0.717) is 23.7 Å². The number of rotatable bonds is 5. The van der Waals surface area contributed by atoms with Crippen LogP contribution in [0.3, 0.4) is 0 Å². The predicted molar refractivity (Wildman–Crippen MR) is 68.2 cm³/mol. The summed E-state index contributed by atoms with van der Waals surface area (Å²) in [5.41, 5.74) is 6.46. The van der Waals surface area contributed by atoms with E-state index in [4.69, 9.17) is 15.0 Å². The van der Waals surface area contributed by atoms with Gasteiger partial charge in [-0.25, -0.2) is 4.39 Å². The van der Waals surface area contributed by atoms with E-state index in [1.165, 1.54) is 19.2 Å². The molecular formula is C13H16FN3O2. The van der Waals surface area contributed by atoms with Crippen LogP contribution < -0.4 is 10.5 Å². The maximum Gasteiger partial charge on any atom is 0.228 e. The normalized spacial score (nSPS) is 12.4. The minimum Gasteiger partial charge on any atom is -0.494 e. The monoisotopic (exact) mass is 265 g/mol. The minimum absolute atomic E-state index is 0.00365. The van der Waals surface area contributed by atoms with Gasteiger partial charge in [-0.3, -0.25) is 0 Å². The summed E-state index contributed by atoms with van der Waals surface area (Å²) in [7, 11) is 1.41. The molecular weight excluding hydrogens is 249 g/mol. The molecule has 19 heavy (non-hydrogen) atoms. The quantitative estimate of drug-likeness (QED) is 0.896. The van der Waals surface area contributed by atoms with Gasteiger partial charge in [0.25, 0.3) is 0 Å². The van der Waals surface area contributed by atoms with Crippen LogP contribution in [0.4, 0.5) is 4.39 Å². The Balaban J connectivity index is 2.22. The molecule has 2 rings (SSSR count). The molecule has 102 valence electrons. The lowest BCUT2D eigenvalue weighted by atomic mass is 10.1. The van der Waals surface area contributed by atoms with Crippen molar-refractivity contribution >= 4 is 0 Å². The van der Waals surface area contributed by atoms with E-state index < -0.39 is 5.82 Å². The van der Waals surface area contributed by atoms with Gasteiger partial charge in [0.15, 0.2) is 11.6 Å². The van der Waals surface area contributed by atoms with Crippen LogP contribution in [0.15, 0.2) is 22.7 Å². The van der Waals surface area contributed by atoms with Crippen molar-refractivity contribution in [3.05, 3.63) is 29.9 Å². The van der Waals surface area contributed by atoms with E-state index in [1.807, 2.05) is 6.92 Å². The number of hydrogen-bond donors (Lipinski definition) is 1. The van der Waals surface area contributed by atoms with Gasteiger partial charge in [-0.1, -0.05) is 12.1 Å². The molecule has 6 heteroatoms. The highest BCUT2D eigenvalue weighted by atomic mass is 19.1. The smallest absolute Gasteiger partial charge is 0.228 e. The maximum atomic E-state index is 13.3. The average Bonchev–Trinajstić information content (AvgIpc) is 2.87. The van der Waals surface area contributed by atoms with E-state index in [-0.39, 0.29) is 11.8 Å². The summed E-state index contributed by atoms with van der Waals surface area (Å²) in [6.45, 7) is 1.99. The zero-order valence-electron chi connectivity index (χ0n) is 10.9. The Kier molecular flexibility index (Phi) is 4.11. The third kappa shape index (κ3) is 3.08. The van der Waals surface area contributed by atoms with Gasteiger partial charge in [0, 0.05) is 18.0 Å². The van der Waals surface area contributed by atoms with E-state index in [1.54, 1.807) is 6.07 Å². The van der Waals surface area contributed by atoms with Crippen LogP contribution in [0.5, 0.6) is 5.75 Å². The van der Waals surface area contributed by atoms with Gasteiger partial charge in [-0.15, -0.1) is 0 Å². The standard InChI is InChI=1S/C13H16FN3O2/c1-3-9(15)7-12-16-13(17-19-12)8-4-5-10(14)11(6-8)18-2/h4-6,9H,3,7,15H2,1-2H3. The molecule has 0 amide bonds. The molecule has 0 aliphatic rings. The van der Waals surface area contributed by atoms with Crippen LogP contribution in [-0.4, -0.2) is 23.3 Å². The Bertz CT molecular complexity index is 557. The second kappa shape index (κ2) is 5.79. The van der Waals surface area contributed by atoms with Gasteiger partial charge in [0.1, 0.15) is 0 Å². The third-order valence-corrected chi connectivity index (χ3v) is 2.84. The van der Waals surface area contributed by atoms with E-state index >= 15 is 0 Å². The summed E-state index contributed by atoms with van der Waals surface area (Å²) in [5, 5.41) is 3.86. The molecule has 0 fully saturated rings. The van der Waals surface area contributed by atoms with Gasteiger partial charge < -0.3 is 15.0 Å². The lowest BCUT2D eigenvalue weighted by molar-refractivity contribution is 0.367. The van der Waals surface area contributed by atoms with Crippen molar-refractivity contribution in [1.29, 1.82) is 0 Å². The van der Waals surface area contributed by atoms with E-state index in [0.717, 1.165) is 6.42 Å². The molecule has 0 spiro atoms. The molecule has 1 atom stereocenters. The van der Waals surface area contributed by atoms with Crippen molar-refractivity contribution < 1.29 is 13.7 Å². The molecule has 0 saturated heterocycles. The van der Waals surface area contributed by atoms with Crippen molar-refractivity contribution in [3.8, 4) is 17.1 Å². The first-order valence-electron chi connectivity index (χ1n) is 6.06. The van der Waals surface area contributed by atoms with E-state index in [2.05, 4.69) is 10.1 Å². The highest BCUT2D eigenvalue weighted by Gasteiger charge is 2.13. The van der Waals surface area contributed by atoms with Crippen LogP contribution in [-0.2, 0) is 6.42 Å². The molecule has 1 aromatic carbocycles. The Morgan fingerprint density at radius 1 is 1.47 bits per heavy atom. The van der Waals surface area contributed by atoms with Gasteiger partial charge in [-0.05, 0) is 24.6 Å². The fraction of sp³-hybridized carbons (Fsp3) is 0.385. The van der Waals surface area contributed by atoms with Crippen molar-refractivity contribution in [3.63, 3.8) is 0 Å². The molecule has 0 bridgehead atoms. The molecule has 1 aromatic heterocycles. The summed E-state index contributed by atoms with van der Waals surface area (Å²) in [6, 6.07) is 4.41. The lowest BCUT2D eigenvalue weighted by Gasteiger charge is -2.03. The Morgan fingerprint density at radius 2 is 2.26 bits per heavy atom. The zero-order chi connectivity index (χ0) is 13.8. The molecule has 2 N–H and O–H groups in total. The molecule has 0 aliphatic carbocycles. The van der Waals surface area contributed by atoms with Crippen LogP contribution in [0.2, 0.25) is 0 Å². The zero-order valence-corrected chi connectivity index (χ0v) is 10.9. The second-order valence-electron chi connectivity index (χ2n) is 4.23. The number of ether oxygens (including phenoxy) is 1. The van der Waals surface area contributed by atoms with Crippen molar-refractivity contribution in [2.75, 3.05) is 7.11 Å². The predicted octanol–water partition coefficient (Wildman–Crippen LogP) is 2.16. The summed E-state index contributed by atoms with van der Waals surface area (Å²) >= 11 is 0. The number of halogens is 1. The first-order valence-corrected chi connectivity index (χ1v) is 6.06. The molecule has 1 heterocycles. The first kappa shape index (κ1) is 13.5. The number of hydrogen-bond acceptors (Lipinski definition) is 5. The van der Waals surface area contributed by atoms with Crippen LogP contribution in [0, 0.1) is 5.82 Å². The van der Waals surface area contributed by atoms with Crippen LogP contribution >= 0.6 is 0 Å². The molecule has 0 radical (unpaired) electrons. The summed E-state index contributed by atoms with van der Waals surface area (Å²) in [4.78, 5) is 4.24. The average molecular weight is 265 g/mol. The van der Waals surface area contributed by atoms with Crippen LogP contribution in [0.25, 0.3) is 11.4 Å². The number of methoxy groups -OCH3 is 1. The Hall–Kier alpha value is -1.95. The van der Waals surface area contributed by atoms with Gasteiger partial charge >= 0.3 is 0 Å². The number of benzene rings is 1. The second-order valence-corrected chi connectivity index (χ2v) is 4.23. The van der Waals surface area contributed by atoms with E-state index in [9.17, 15) is 4.39 Å². The van der Waals surface area contributed by atoms with Crippen molar-refractivity contribution in [2.24, 2.45) is 5.73 Å². The third-order valence-electron chi connectivity index (χ3n) is 2.84. The molecule has 0 aliphatic heterocycles. The maximum absolute atomic E-state index is 13.3. The summed E-state index contributed by atoms with van der Waals surface area (Å²) in [6.07, 6.45) is 1.36. The van der Waals surface area contributed by atoms with Gasteiger partial charge in [0.2, 0.25) is 11.7 Å². The molecule has 2 aromatic rings. The van der Waals surface area contributed by atoms with Gasteiger partial charge in [0.05, 0.1) is 7.11 Å². The summed E-state index contributed by atoms with van der Waals surface area (Å²) in [5.74, 6) is 0.598. The number of nitrogens with zero attached hydrogens (tertiary/aromatic N) is 2. The summed E-state index contributed by atoms with van der Waals surface area (Å²) < 4.78 is 23.3. The number of aromatic nitrogens is 2. The fourth-order valence-electron chi connectivity index (χ4n) is 1.62. The highest BCUT2D eigenvalue weighted by molar-refractivity contribution is 5.57. The Labute approximate surface area is 110 Å². The Morgan fingerprint density at radius 3 is 2.95 bits per heavy atom. The fourth-order valence-corrected chi connectivity index (χ4v) is 1.62. The van der Waals surface area contributed by atoms with Crippen LogP contribution in [0.1, 0.15) is 19.2 Å². The first-order chi connectivity index (χ1) is 9.13. The SMILES string of the molecule is CCC(N)Cc1nc(-c2ccc(F)c(OC)c2)no1. The molecule has 1 unspecified atom stereocenters. The van der Waals surface area contributed by atoms with Crippen molar-refractivity contribution in [2.45, 2.75) is 25.8 Å². The highest BCUT2D eigenvalue weighted by Crippen LogP contribution is 2.24. The number of nitrogens with two attached hydrogens (primary N) is 1. The minimum atomic E-state index is -0.428. The van der Waals surface area contributed by atoms with Crippen molar-refractivity contribution in [1.82, 2.24) is 10.1 Å². The lowest BCUT2D eigenvalue weighted by Crippen LogP contribution is -2.21. The molecule has 0 saturated carbocycles. The topological polar surface area (TPSA) is 74.2 Å².